The molecular formula is C59H91N5O16. The van der Waals surface area contributed by atoms with Crippen molar-refractivity contribution >= 4 is 47.0 Å². The number of Topliss-reactive ketones (excluding diaryl/α,β-unsaturated/α-hetero) is 2. The monoisotopic (exact) mass is 1130 g/mol. The second-order valence-electron chi connectivity index (χ2n) is 22.8. The Bertz CT molecular complexity index is 2370. The van der Waals surface area contributed by atoms with Crippen LogP contribution in [-0.2, 0) is 44.8 Å². The summed E-state index contributed by atoms with van der Waals surface area (Å²) in [4.78, 5) is 100. The van der Waals surface area contributed by atoms with E-state index < -0.39 is 102 Å². The van der Waals surface area contributed by atoms with Gasteiger partial charge in [-0.2, -0.15) is 0 Å². The summed E-state index contributed by atoms with van der Waals surface area (Å²) >= 11 is 0. The lowest BCUT2D eigenvalue weighted by Gasteiger charge is -2.41. The quantitative estimate of drug-likeness (QED) is 0.0531. The van der Waals surface area contributed by atoms with Crippen molar-refractivity contribution in [1.29, 1.82) is 0 Å². The lowest BCUT2D eigenvalue weighted by atomic mass is 9.80. The van der Waals surface area contributed by atoms with E-state index in [1.807, 2.05) is 65.0 Å². The summed E-state index contributed by atoms with van der Waals surface area (Å²) in [5, 5.41) is 65.3. The molecule has 1 unspecified atom stereocenters. The summed E-state index contributed by atoms with van der Waals surface area (Å²) in [5.74, 6) is -7.73. The van der Waals surface area contributed by atoms with Gasteiger partial charge in [0.25, 0.3) is 0 Å². The normalized spacial score (nSPS) is 22.7. The van der Waals surface area contributed by atoms with Crippen LogP contribution in [0.1, 0.15) is 124 Å². The fraction of sp³-hybridized carbons (Fsp3) is 0.678. The van der Waals surface area contributed by atoms with Crippen molar-refractivity contribution in [3.05, 3.63) is 59.7 Å². The lowest BCUT2D eigenvalue weighted by Crippen LogP contribution is -2.57. The fourth-order valence-electron chi connectivity index (χ4n) is 11.5. The summed E-state index contributed by atoms with van der Waals surface area (Å²) in [6.45, 7) is 14.5. The minimum absolute atomic E-state index is 0.00946. The van der Waals surface area contributed by atoms with Crippen LogP contribution in [0, 0.1) is 47.3 Å². The lowest BCUT2D eigenvalue weighted by molar-refractivity contribution is -0.174. The van der Waals surface area contributed by atoms with Crippen LogP contribution in [0.3, 0.4) is 0 Å². The highest BCUT2D eigenvalue weighted by Crippen LogP contribution is 2.36. The van der Waals surface area contributed by atoms with Crippen LogP contribution >= 0.6 is 0 Å². The molecule has 2 aromatic carbocycles. The molecule has 21 nitrogen and oxygen atoms in total. The molecule has 0 bridgehead atoms. The molecule has 2 aromatic rings. The maximum Gasteiger partial charge on any atom is 0.410 e. The number of aliphatic hydroxyl groups excluding tert-OH is 5. The molecule has 2 aliphatic rings. The van der Waals surface area contributed by atoms with Gasteiger partial charge in [-0.15, -0.1) is 0 Å². The van der Waals surface area contributed by atoms with E-state index in [9.17, 15) is 64.2 Å². The molecule has 4 rings (SSSR count). The predicted octanol–water partition coefficient (Wildman–Crippen LogP) is 4.58. The number of aliphatic carboxylic acids is 1. The van der Waals surface area contributed by atoms with Gasteiger partial charge in [-0.3, -0.25) is 28.8 Å². The number of benzene rings is 2. The first kappa shape index (κ1) is 67.0. The largest absolute Gasteiger partial charge is 0.485 e. The molecule has 15 atom stereocenters. The second-order valence-corrected chi connectivity index (χ2v) is 22.8. The number of ether oxygens (including phenoxy) is 3. The molecule has 1 saturated carbocycles. The number of nitrogens with two attached hydrogens (primary N) is 1. The number of carboxylic acids is 1. The van der Waals surface area contributed by atoms with E-state index in [2.05, 4.69) is 5.32 Å². The summed E-state index contributed by atoms with van der Waals surface area (Å²) in [5.41, 5.74) is 6.72. The third kappa shape index (κ3) is 17.0. The number of nitrogens with zero attached hydrogens (tertiary/aromatic N) is 3. The number of methoxy groups -OCH3 is 1. The molecule has 0 aromatic heterocycles. The first-order valence-electron chi connectivity index (χ1n) is 28.2. The molecule has 448 valence electrons. The Morgan fingerprint density at radius 3 is 2.08 bits per heavy atom. The van der Waals surface area contributed by atoms with Crippen molar-refractivity contribution in [3.8, 4) is 5.75 Å². The summed E-state index contributed by atoms with van der Waals surface area (Å²) in [6.07, 6.45) is -7.82. The molecule has 21 heteroatoms. The number of hydrogen-bond acceptors (Lipinski definition) is 16. The number of nitrogens with one attached hydrogen (secondary N) is 1. The number of aliphatic hydroxyl groups is 5. The maximum atomic E-state index is 14.8. The molecule has 1 saturated heterocycles. The number of amides is 4. The summed E-state index contributed by atoms with van der Waals surface area (Å²) in [7, 11) is 4.57. The Hall–Kier alpha value is -5.55. The van der Waals surface area contributed by atoms with Crippen molar-refractivity contribution in [2.75, 3.05) is 46.2 Å². The number of hydrogen-bond donors (Lipinski definition) is 8. The van der Waals surface area contributed by atoms with Crippen LogP contribution in [0.2, 0.25) is 0 Å². The van der Waals surface area contributed by atoms with Gasteiger partial charge in [-0.05, 0) is 59.8 Å². The SMILES string of the molecule is CC[C@H](C)[C@@H]([C@@H](CC(=O)N1CCC[C@H]1[C@H](CO)[C@@H](C)C(=O)C[C@H](C)[C@@H](O)c1ccccc1)OC)N(C)C(=O)C(CC(=O)[C@H](C(C)C)N(C)C(=O)OCc1ccc(O[C@@H]2C[C@H](C(=O)O)[C@@H](O)[C@H](O)[C@H]2O)c(NC(=O)CCN)c1)C(C)C. The van der Waals surface area contributed by atoms with E-state index in [0.717, 1.165) is 0 Å². The van der Waals surface area contributed by atoms with Gasteiger partial charge in [0.15, 0.2) is 5.78 Å². The summed E-state index contributed by atoms with van der Waals surface area (Å²) < 4.78 is 17.7. The molecule has 4 amide bonds. The number of carbonyl (C=O) groups is 7. The first-order valence-corrected chi connectivity index (χ1v) is 28.2. The highest BCUT2D eigenvalue weighted by atomic mass is 16.6. The minimum atomic E-state index is -1.83. The van der Waals surface area contributed by atoms with Crippen LogP contribution in [0.4, 0.5) is 10.5 Å². The fourth-order valence-corrected chi connectivity index (χ4v) is 11.5. The average Bonchev–Trinajstić information content (AvgIpc) is 3.91. The van der Waals surface area contributed by atoms with Gasteiger partial charge in [-0.25, -0.2) is 4.79 Å². The van der Waals surface area contributed by atoms with Crippen LogP contribution in [0.25, 0.3) is 0 Å². The van der Waals surface area contributed by atoms with E-state index in [0.29, 0.717) is 36.9 Å². The maximum absolute atomic E-state index is 14.8. The number of carbonyl (C=O) groups excluding carboxylic acids is 6. The van der Waals surface area contributed by atoms with Crippen molar-refractivity contribution in [2.24, 2.45) is 53.1 Å². The molecule has 0 radical (unpaired) electrons. The standard InChI is InChI=1S/C59H91N5O16/c1-12-34(6)52(47(78-11)29-50(69)64-24-16-19-43(64)41(30-65)36(8)44(66)25-35(7)53(70)38-17-14-13-15-18-38)62(9)57(74)39(32(2)3)27-45(67)51(33(4)5)63(10)59(77)79-31-37-20-21-46(42(26-37)61-49(68)22-23-60)80-48-28-40(58(75)76)54(71)56(73)55(48)72/h13-15,17-18,20-21,26,32-36,39-41,43,47-48,51-56,65,70-73H,12,16,19,22-25,27-31,60H2,1-11H3,(H,61,68)(H,75,76)/t34-,35-,36+,39?,40-,41+,43-,47+,48+,51-,52-,53+,54+,55-,56-/m0/s1. The van der Waals surface area contributed by atoms with Gasteiger partial charge in [0.1, 0.15) is 36.5 Å². The smallest absolute Gasteiger partial charge is 0.410 e. The van der Waals surface area contributed by atoms with E-state index in [1.165, 1.54) is 37.3 Å². The Balaban J connectivity index is 1.47. The van der Waals surface area contributed by atoms with Gasteiger partial charge < -0.3 is 70.6 Å². The van der Waals surface area contributed by atoms with Crippen molar-refractivity contribution in [3.63, 3.8) is 0 Å². The van der Waals surface area contributed by atoms with Crippen LogP contribution in [0.15, 0.2) is 48.5 Å². The van der Waals surface area contributed by atoms with Gasteiger partial charge in [0, 0.05) is 90.4 Å². The Morgan fingerprint density at radius 2 is 1.50 bits per heavy atom. The Morgan fingerprint density at radius 1 is 0.838 bits per heavy atom. The molecular weight excluding hydrogens is 1030 g/mol. The molecule has 2 fully saturated rings. The van der Waals surface area contributed by atoms with Crippen LogP contribution in [0.5, 0.6) is 5.75 Å². The third-order valence-electron chi connectivity index (χ3n) is 16.6. The number of likely N-dealkylation sites (tertiary alicyclic amines) is 1. The van der Waals surface area contributed by atoms with E-state index in [1.54, 1.807) is 37.6 Å². The van der Waals surface area contributed by atoms with Crippen molar-refractivity contribution in [1.82, 2.24) is 14.7 Å². The van der Waals surface area contributed by atoms with E-state index in [4.69, 9.17) is 19.9 Å². The number of rotatable bonds is 30. The molecule has 0 spiro atoms. The zero-order valence-electron chi connectivity index (χ0n) is 48.6. The van der Waals surface area contributed by atoms with E-state index in [-0.39, 0.29) is 104 Å². The zero-order chi connectivity index (χ0) is 59.9. The zero-order valence-corrected chi connectivity index (χ0v) is 48.6. The highest BCUT2D eigenvalue weighted by Gasteiger charge is 2.48. The molecule has 9 N–H and O–H groups in total. The molecule has 1 aliphatic heterocycles. The molecule has 1 aliphatic carbocycles. The van der Waals surface area contributed by atoms with E-state index >= 15 is 0 Å². The van der Waals surface area contributed by atoms with Crippen molar-refractivity contribution < 1.29 is 78.4 Å². The van der Waals surface area contributed by atoms with Crippen LogP contribution in [-0.4, -0.2) is 176 Å². The number of ketones is 2. The minimum Gasteiger partial charge on any atom is -0.485 e. The number of carboxylic acid groups (broad SMARTS) is 1. The average molecular weight is 1130 g/mol. The number of likely N-dealkylation sites (N-methyl/N-ethyl adjacent to an activating group) is 2. The topological polar surface area (TPSA) is 316 Å². The van der Waals surface area contributed by atoms with Gasteiger partial charge in [0.2, 0.25) is 17.7 Å². The highest BCUT2D eigenvalue weighted by molar-refractivity contribution is 5.93. The summed E-state index contributed by atoms with van der Waals surface area (Å²) in [6, 6.07) is 11.4. The Labute approximate surface area is 471 Å². The second kappa shape index (κ2) is 31.0. The number of anilines is 1. The van der Waals surface area contributed by atoms with Crippen LogP contribution < -0.4 is 15.8 Å². The van der Waals surface area contributed by atoms with Gasteiger partial charge >= 0.3 is 12.1 Å². The Kier molecular flexibility index (Phi) is 26.0. The first-order chi connectivity index (χ1) is 37.7. The van der Waals surface area contributed by atoms with Gasteiger partial charge in [-0.1, -0.05) is 98.2 Å². The molecule has 80 heavy (non-hydrogen) atoms. The molecule has 1 heterocycles. The van der Waals surface area contributed by atoms with Crippen molar-refractivity contribution in [2.45, 2.75) is 168 Å². The predicted molar refractivity (Wildman–Crippen MR) is 298 cm³/mol. The third-order valence-corrected chi connectivity index (χ3v) is 16.6. The van der Waals surface area contributed by atoms with Gasteiger partial charge in [0.05, 0.1) is 48.4 Å².